The first-order chi connectivity index (χ1) is 19.1. The summed E-state index contributed by atoms with van der Waals surface area (Å²) in [5, 5.41) is 12.3. The van der Waals surface area contributed by atoms with Gasteiger partial charge in [0.05, 0.1) is 35.0 Å². The van der Waals surface area contributed by atoms with Crippen LogP contribution in [-0.4, -0.2) is 36.0 Å². The highest BCUT2D eigenvalue weighted by atomic mass is 19.1. The Morgan fingerprint density at radius 1 is 0.949 bits per heavy atom. The number of fused-ring (bicyclic) bond motifs is 2. The first-order valence-corrected chi connectivity index (χ1v) is 13.0. The summed E-state index contributed by atoms with van der Waals surface area (Å²) in [6.07, 6.45) is 10.9. The fourth-order valence-electron chi connectivity index (χ4n) is 5.43. The first-order valence-electron chi connectivity index (χ1n) is 13.0. The molecule has 0 spiro atoms. The van der Waals surface area contributed by atoms with Gasteiger partial charge < -0.3 is 10.3 Å². The van der Waals surface area contributed by atoms with Crippen molar-refractivity contribution in [2.75, 3.05) is 5.32 Å². The molecule has 0 aliphatic heterocycles. The number of pyridine rings is 3. The molecule has 1 aromatic carbocycles. The van der Waals surface area contributed by atoms with Crippen molar-refractivity contribution >= 4 is 33.5 Å². The van der Waals surface area contributed by atoms with Crippen LogP contribution < -0.4 is 5.32 Å². The molecular weight excluding hydrogens is 493 g/mol. The second kappa shape index (κ2) is 9.43. The number of rotatable bonds is 5. The fourth-order valence-corrected chi connectivity index (χ4v) is 5.43. The van der Waals surface area contributed by atoms with E-state index in [0.717, 1.165) is 58.8 Å². The van der Waals surface area contributed by atoms with Gasteiger partial charge in [-0.15, -0.1) is 0 Å². The van der Waals surface area contributed by atoms with Crippen LogP contribution in [0.25, 0.3) is 55.7 Å². The maximum absolute atomic E-state index is 14.6. The zero-order valence-electron chi connectivity index (χ0n) is 20.9. The van der Waals surface area contributed by atoms with E-state index in [1.807, 2.05) is 30.3 Å². The molecule has 1 aliphatic carbocycles. The molecule has 1 aliphatic rings. The number of H-pyrrole nitrogens is 2. The van der Waals surface area contributed by atoms with Gasteiger partial charge in [0.1, 0.15) is 17.2 Å². The minimum Gasteiger partial charge on any atom is -0.338 e. The zero-order valence-corrected chi connectivity index (χ0v) is 20.9. The van der Waals surface area contributed by atoms with Crippen molar-refractivity contribution in [3.63, 3.8) is 0 Å². The minimum absolute atomic E-state index is 0.0501. The number of hydrogen-bond donors (Lipinski definition) is 3. The number of hydrogen-bond acceptors (Lipinski definition) is 5. The monoisotopic (exact) mass is 517 g/mol. The SMILES string of the molecule is O=C(Nc1cncc(-c2cc3c(-c4cc5c(-c6ccccc6F)ccnc5[nH]4)n[nH]c3cn2)c1)C1CCCC1. The van der Waals surface area contributed by atoms with Gasteiger partial charge in [-0.2, -0.15) is 5.10 Å². The van der Waals surface area contributed by atoms with E-state index in [1.54, 1.807) is 36.9 Å². The molecule has 0 bridgehead atoms. The number of nitrogens with one attached hydrogen (secondary N) is 3. The minimum atomic E-state index is -0.288. The zero-order chi connectivity index (χ0) is 26.3. The summed E-state index contributed by atoms with van der Waals surface area (Å²) >= 11 is 0. The van der Waals surface area contributed by atoms with E-state index in [1.165, 1.54) is 6.07 Å². The van der Waals surface area contributed by atoms with Crippen molar-refractivity contribution in [2.45, 2.75) is 25.7 Å². The highest BCUT2D eigenvalue weighted by molar-refractivity contribution is 6.00. The third-order valence-corrected chi connectivity index (χ3v) is 7.43. The van der Waals surface area contributed by atoms with Gasteiger partial charge in [-0.3, -0.25) is 19.9 Å². The lowest BCUT2D eigenvalue weighted by molar-refractivity contribution is -0.119. The van der Waals surface area contributed by atoms with Crippen LogP contribution in [0.4, 0.5) is 10.1 Å². The molecule has 3 N–H and O–H groups in total. The molecule has 8 nitrogen and oxygen atoms in total. The molecule has 6 aromatic rings. The summed E-state index contributed by atoms with van der Waals surface area (Å²) in [5.41, 5.74) is 6.28. The van der Waals surface area contributed by atoms with Gasteiger partial charge >= 0.3 is 0 Å². The van der Waals surface area contributed by atoms with Crippen molar-refractivity contribution in [2.24, 2.45) is 5.92 Å². The number of carbonyl (C=O) groups is 1. The predicted molar refractivity (Wildman–Crippen MR) is 148 cm³/mol. The van der Waals surface area contributed by atoms with E-state index in [0.29, 0.717) is 28.3 Å². The maximum atomic E-state index is 14.6. The molecule has 0 atom stereocenters. The normalized spacial score (nSPS) is 13.9. The number of carbonyl (C=O) groups excluding carboxylic acids is 1. The standard InChI is InChI=1S/C30H24FN7O/c31-24-8-4-3-7-21(24)20-9-10-33-29-22(20)12-26(36-29)28-23-13-25(34-16-27(23)37-38-28)18-11-19(15-32-14-18)35-30(39)17-5-1-2-6-17/h3-4,7-17H,1-2,5-6H2,(H,33,36)(H,35,39)(H,37,38). The van der Waals surface area contributed by atoms with Crippen LogP contribution in [0.5, 0.6) is 0 Å². The Hall–Kier alpha value is -4.92. The van der Waals surface area contributed by atoms with Crippen LogP contribution in [0.1, 0.15) is 25.7 Å². The van der Waals surface area contributed by atoms with E-state index < -0.39 is 0 Å². The lowest BCUT2D eigenvalue weighted by atomic mass is 10.0. The molecule has 5 heterocycles. The molecule has 1 saturated carbocycles. The molecule has 39 heavy (non-hydrogen) atoms. The largest absolute Gasteiger partial charge is 0.338 e. The molecule has 1 amide bonds. The van der Waals surface area contributed by atoms with Gasteiger partial charge in [-0.25, -0.2) is 9.37 Å². The second-order valence-corrected chi connectivity index (χ2v) is 9.90. The van der Waals surface area contributed by atoms with Crippen molar-refractivity contribution in [1.29, 1.82) is 0 Å². The number of benzene rings is 1. The van der Waals surface area contributed by atoms with Crippen LogP contribution in [0.15, 0.2) is 73.3 Å². The van der Waals surface area contributed by atoms with Gasteiger partial charge in [0.25, 0.3) is 0 Å². The summed E-state index contributed by atoms with van der Waals surface area (Å²) in [6, 6.07) is 14.3. The first kappa shape index (κ1) is 23.2. The fraction of sp³-hybridized carbons (Fsp3) is 0.167. The Kier molecular flexibility index (Phi) is 5.61. The Morgan fingerprint density at radius 3 is 2.69 bits per heavy atom. The molecule has 0 radical (unpaired) electrons. The third-order valence-electron chi connectivity index (χ3n) is 7.43. The summed E-state index contributed by atoms with van der Waals surface area (Å²) < 4.78 is 14.6. The van der Waals surface area contributed by atoms with Gasteiger partial charge in [0.2, 0.25) is 5.91 Å². The number of aromatic amines is 2. The van der Waals surface area contributed by atoms with Crippen LogP contribution >= 0.6 is 0 Å². The van der Waals surface area contributed by atoms with Crippen LogP contribution in [0, 0.1) is 11.7 Å². The van der Waals surface area contributed by atoms with Crippen LogP contribution in [-0.2, 0) is 4.79 Å². The number of aromatic nitrogens is 6. The average molecular weight is 518 g/mol. The Balaban J connectivity index is 1.25. The summed E-state index contributed by atoms with van der Waals surface area (Å²) in [5.74, 6) is -0.167. The van der Waals surface area contributed by atoms with E-state index in [2.05, 4.69) is 35.5 Å². The molecule has 7 rings (SSSR count). The number of anilines is 1. The van der Waals surface area contributed by atoms with E-state index >= 15 is 0 Å². The lowest BCUT2D eigenvalue weighted by Gasteiger charge is -2.11. The Morgan fingerprint density at radius 2 is 1.82 bits per heavy atom. The Bertz CT molecular complexity index is 1850. The molecule has 0 unspecified atom stereocenters. The number of amides is 1. The number of nitrogens with zero attached hydrogens (tertiary/aromatic N) is 4. The van der Waals surface area contributed by atoms with E-state index in [-0.39, 0.29) is 17.6 Å². The van der Waals surface area contributed by atoms with E-state index in [4.69, 9.17) is 0 Å². The smallest absolute Gasteiger partial charge is 0.227 e. The summed E-state index contributed by atoms with van der Waals surface area (Å²) in [4.78, 5) is 29.4. The number of halogens is 1. The quantitative estimate of drug-likeness (QED) is 0.242. The highest BCUT2D eigenvalue weighted by Crippen LogP contribution is 2.35. The van der Waals surface area contributed by atoms with Crippen molar-refractivity contribution in [3.05, 3.63) is 79.1 Å². The predicted octanol–water partition coefficient (Wildman–Crippen LogP) is 6.50. The van der Waals surface area contributed by atoms with Gasteiger partial charge in [-0.1, -0.05) is 31.0 Å². The maximum Gasteiger partial charge on any atom is 0.227 e. The second-order valence-electron chi connectivity index (χ2n) is 9.90. The van der Waals surface area contributed by atoms with Crippen LogP contribution in [0.2, 0.25) is 0 Å². The summed E-state index contributed by atoms with van der Waals surface area (Å²) in [6.45, 7) is 0. The van der Waals surface area contributed by atoms with E-state index in [9.17, 15) is 9.18 Å². The van der Waals surface area contributed by atoms with Crippen molar-refractivity contribution in [1.82, 2.24) is 30.1 Å². The van der Waals surface area contributed by atoms with Crippen LogP contribution in [0.3, 0.4) is 0 Å². The topological polar surface area (TPSA) is 112 Å². The highest BCUT2D eigenvalue weighted by Gasteiger charge is 2.23. The third kappa shape index (κ3) is 4.21. The van der Waals surface area contributed by atoms with Gasteiger partial charge in [-0.05, 0) is 48.7 Å². The molecule has 5 aromatic heterocycles. The Labute approximate surface area is 222 Å². The molecule has 192 valence electrons. The van der Waals surface area contributed by atoms with Crippen molar-refractivity contribution in [3.8, 4) is 33.8 Å². The molecule has 1 fully saturated rings. The molecular formula is C30H24FN7O. The van der Waals surface area contributed by atoms with Gasteiger partial charge in [0.15, 0.2) is 0 Å². The molecule has 9 heteroatoms. The van der Waals surface area contributed by atoms with Crippen molar-refractivity contribution < 1.29 is 9.18 Å². The van der Waals surface area contributed by atoms with Gasteiger partial charge in [0, 0.05) is 40.2 Å². The summed E-state index contributed by atoms with van der Waals surface area (Å²) in [7, 11) is 0. The molecule has 0 saturated heterocycles. The lowest BCUT2D eigenvalue weighted by Crippen LogP contribution is -2.20. The average Bonchev–Trinajstić information content (AvgIpc) is 3.73.